The molecule has 0 aliphatic carbocycles. The van der Waals surface area contributed by atoms with Crippen LogP contribution in [0.2, 0.25) is 0 Å². The fourth-order valence-electron chi connectivity index (χ4n) is 3.02. The van der Waals surface area contributed by atoms with E-state index in [1.54, 1.807) is 0 Å². The van der Waals surface area contributed by atoms with E-state index in [4.69, 9.17) is 5.26 Å². The molecule has 3 heteroatoms. The van der Waals surface area contributed by atoms with Crippen LogP contribution in [0, 0.1) is 18.3 Å². The monoisotopic (exact) mass is 291 g/mol. The van der Waals surface area contributed by atoms with Gasteiger partial charge in [0.2, 0.25) is 0 Å². The average molecular weight is 291 g/mol. The number of aryl methyl sites for hydroxylation is 1. The summed E-state index contributed by atoms with van der Waals surface area (Å²) in [5, 5.41) is 8.83. The molecule has 0 atom stereocenters. The Kier molecular flexibility index (Phi) is 4.13. The Bertz CT molecular complexity index is 679. The summed E-state index contributed by atoms with van der Waals surface area (Å²) in [6.45, 7) is 5.30. The molecule has 3 rings (SSSR count). The minimum Gasteiger partial charge on any atom is -0.369 e. The Morgan fingerprint density at radius 1 is 1.14 bits per heavy atom. The molecule has 1 aliphatic rings. The molecule has 3 nitrogen and oxygen atoms in total. The number of hydrogen-bond donors (Lipinski definition) is 0. The first-order valence-corrected chi connectivity index (χ1v) is 7.67. The van der Waals surface area contributed by atoms with Crippen LogP contribution in [0.5, 0.6) is 0 Å². The summed E-state index contributed by atoms with van der Waals surface area (Å²) in [7, 11) is 2.19. The lowest BCUT2D eigenvalue weighted by molar-refractivity contribution is 0.139. The molecular formula is C19H21N3. The highest BCUT2D eigenvalue weighted by Gasteiger charge is 2.30. The SMILES string of the molecule is Cc1ccccc1N(C)C1CN(Cc2ccc(C#N)cc2)C1. The average Bonchev–Trinajstić information content (AvgIpc) is 2.51. The van der Waals surface area contributed by atoms with Crippen molar-refractivity contribution in [1.29, 1.82) is 5.26 Å². The number of anilines is 1. The molecule has 1 saturated heterocycles. The van der Waals surface area contributed by atoms with E-state index in [1.165, 1.54) is 16.8 Å². The van der Waals surface area contributed by atoms with Crippen molar-refractivity contribution in [2.75, 3.05) is 25.0 Å². The molecule has 0 amide bonds. The van der Waals surface area contributed by atoms with Gasteiger partial charge in [-0.3, -0.25) is 4.90 Å². The highest BCUT2D eigenvalue weighted by molar-refractivity contribution is 5.53. The summed E-state index contributed by atoms with van der Waals surface area (Å²) in [5.74, 6) is 0. The summed E-state index contributed by atoms with van der Waals surface area (Å²) in [6.07, 6.45) is 0. The fourth-order valence-corrected chi connectivity index (χ4v) is 3.02. The van der Waals surface area contributed by atoms with Crippen LogP contribution < -0.4 is 4.90 Å². The summed E-state index contributed by atoms with van der Waals surface area (Å²) in [6, 6.07) is 19.2. The topological polar surface area (TPSA) is 30.3 Å². The molecule has 22 heavy (non-hydrogen) atoms. The van der Waals surface area contributed by atoms with E-state index in [2.05, 4.69) is 66.2 Å². The molecule has 0 unspecified atom stereocenters. The molecular weight excluding hydrogens is 270 g/mol. The Labute approximate surface area is 132 Å². The van der Waals surface area contributed by atoms with E-state index in [9.17, 15) is 0 Å². The number of likely N-dealkylation sites (N-methyl/N-ethyl adjacent to an activating group) is 1. The number of para-hydroxylation sites is 1. The van der Waals surface area contributed by atoms with Crippen LogP contribution in [-0.2, 0) is 6.54 Å². The first-order chi connectivity index (χ1) is 10.7. The Hall–Kier alpha value is -2.31. The molecule has 1 fully saturated rings. The Balaban J connectivity index is 1.55. The van der Waals surface area contributed by atoms with Crippen molar-refractivity contribution in [2.24, 2.45) is 0 Å². The number of hydrogen-bond acceptors (Lipinski definition) is 3. The zero-order chi connectivity index (χ0) is 15.5. The standard InChI is InChI=1S/C19H21N3/c1-15-5-3-4-6-19(15)21(2)18-13-22(14-18)12-17-9-7-16(11-20)8-10-17/h3-10,18H,12-14H2,1-2H3. The van der Waals surface area contributed by atoms with Gasteiger partial charge in [-0.2, -0.15) is 5.26 Å². The third kappa shape index (κ3) is 2.98. The number of nitriles is 1. The van der Waals surface area contributed by atoms with Gasteiger partial charge in [0.15, 0.2) is 0 Å². The number of nitrogens with zero attached hydrogens (tertiary/aromatic N) is 3. The first-order valence-electron chi connectivity index (χ1n) is 7.67. The van der Waals surface area contributed by atoms with Crippen LogP contribution in [0.3, 0.4) is 0 Å². The van der Waals surface area contributed by atoms with Gasteiger partial charge in [-0.25, -0.2) is 0 Å². The lowest BCUT2D eigenvalue weighted by Crippen LogP contribution is -2.58. The van der Waals surface area contributed by atoms with Gasteiger partial charge in [-0.05, 0) is 36.2 Å². The van der Waals surface area contributed by atoms with E-state index < -0.39 is 0 Å². The van der Waals surface area contributed by atoms with Crippen molar-refractivity contribution >= 4 is 5.69 Å². The molecule has 2 aromatic carbocycles. The third-order valence-corrected chi connectivity index (χ3v) is 4.47. The van der Waals surface area contributed by atoms with Gasteiger partial charge in [-0.15, -0.1) is 0 Å². The Morgan fingerprint density at radius 2 is 1.82 bits per heavy atom. The number of likely N-dealkylation sites (tertiary alicyclic amines) is 1. The molecule has 1 aliphatic heterocycles. The van der Waals surface area contributed by atoms with Gasteiger partial charge in [0.05, 0.1) is 17.7 Å². The molecule has 0 aromatic heterocycles. The van der Waals surface area contributed by atoms with Crippen LogP contribution in [0.25, 0.3) is 0 Å². The van der Waals surface area contributed by atoms with Crippen molar-refractivity contribution in [3.63, 3.8) is 0 Å². The molecule has 2 aromatic rings. The minimum atomic E-state index is 0.583. The summed E-state index contributed by atoms with van der Waals surface area (Å²) in [5.41, 5.74) is 4.65. The second-order valence-electron chi connectivity index (χ2n) is 6.05. The number of benzene rings is 2. The summed E-state index contributed by atoms with van der Waals surface area (Å²) >= 11 is 0. The highest BCUT2D eigenvalue weighted by Crippen LogP contribution is 2.25. The maximum Gasteiger partial charge on any atom is 0.0991 e. The summed E-state index contributed by atoms with van der Waals surface area (Å²) in [4.78, 5) is 4.84. The maximum absolute atomic E-state index is 8.83. The van der Waals surface area contributed by atoms with Gasteiger partial charge in [-0.1, -0.05) is 30.3 Å². The van der Waals surface area contributed by atoms with Gasteiger partial charge in [0.25, 0.3) is 0 Å². The van der Waals surface area contributed by atoms with E-state index in [0.29, 0.717) is 6.04 Å². The van der Waals surface area contributed by atoms with E-state index in [1.807, 2.05) is 12.1 Å². The van der Waals surface area contributed by atoms with E-state index in [0.717, 1.165) is 25.2 Å². The molecule has 0 N–H and O–H groups in total. The van der Waals surface area contributed by atoms with Crippen molar-refractivity contribution in [3.05, 3.63) is 65.2 Å². The zero-order valence-electron chi connectivity index (χ0n) is 13.2. The predicted octanol–water partition coefficient (Wildman–Crippen LogP) is 3.19. The number of rotatable bonds is 4. The highest BCUT2D eigenvalue weighted by atomic mass is 15.3. The van der Waals surface area contributed by atoms with E-state index >= 15 is 0 Å². The van der Waals surface area contributed by atoms with Crippen molar-refractivity contribution < 1.29 is 0 Å². The van der Waals surface area contributed by atoms with Crippen LogP contribution in [0.15, 0.2) is 48.5 Å². The fraction of sp³-hybridized carbons (Fsp3) is 0.316. The molecule has 0 saturated carbocycles. The second kappa shape index (κ2) is 6.21. The van der Waals surface area contributed by atoms with Gasteiger partial charge in [0.1, 0.15) is 0 Å². The van der Waals surface area contributed by atoms with Gasteiger partial charge >= 0.3 is 0 Å². The summed E-state index contributed by atoms with van der Waals surface area (Å²) < 4.78 is 0. The first kappa shape index (κ1) is 14.6. The largest absolute Gasteiger partial charge is 0.369 e. The lowest BCUT2D eigenvalue weighted by Gasteiger charge is -2.45. The maximum atomic E-state index is 8.83. The predicted molar refractivity (Wildman–Crippen MR) is 89.8 cm³/mol. The third-order valence-electron chi connectivity index (χ3n) is 4.47. The molecule has 0 spiro atoms. The van der Waals surface area contributed by atoms with Crippen molar-refractivity contribution in [1.82, 2.24) is 4.90 Å². The van der Waals surface area contributed by atoms with Crippen LogP contribution in [0.1, 0.15) is 16.7 Å². The lowest BCUT2D eigenvalue weighted by atomic mass is 10.0. The Morgan fingerprint density at radius 3 is 2.45 bits per heavy atom. The normalized spacial score (nSPS) is 15.1. The minimum absolute atomic E-state index is 0.583. The molecule has 0 radical (unpaired) electrons. The van der Waals surface area contributed by atoms with Crippen LogP contribution in [0.4, 0.5) is 5.69 Å². The quantitative estimate of drug-likeness (QED) is 0.866. The van der Waals surface area contributed by atoms with Crippen LogP contribution in [-0.4, -0.2) is 31.1 Å². The van der Waals surface area contributed by atoms with Gasteiger partial charge < -0.3 is 4.90 Å². The van der Waals surface area contributed by atoms with Gasteiger partial charge in [0, 0.05) is 32.4 Å². The smallest absolute Gasteiger partial charge is 0.0991 e. The molecule has 1 heterocycles. The molecule has 0 bridgehead atoms. The van der Waals surface area contributed by atoms with Crippen molar-refractivity contribution in [2.45, 2.75) is 19.5 Å². The van der Waals surface area contributed by atoms with Crippen molar-refractivity contribution in [3.8, 4) is 6.07 Å². The second-order valence-corrected chi connectivity index (χ2v) is 6.05. The van der Waals surface area contributed by atoms with Crippen LogP contribution >= 0.6 is 0 Å². The molecule has 112 valence electrons. The zero-order valence-corrected chi connectivity index (χ0v) is 13.2. The van der Waals surface area contributed by atoms with E-state index in [-0.39, 0.29) is 0 Å².